The Balaban J connectivity index is 1.96. The highest BCUT2D eigenvalue weighted by molar-refractivity contribution is 5.83. The molecule has 0 amide bonds. The molecule has 1 N–H and O–H groups in total. The molecule has 0 saturated carbocycles. The summed E-state index contributed by atoms with van der Waals surface area (Å²) in [6, 6.07) is 10.0. The summed E-state index contributed by atoms with van der Waals surface area (Å²) in [5.41, 5.74) is 1.18. The molecular weight excluding hydrogens is 268 g/mol. The molecule has 1 aliphatic rings. The molecular formula is C17H22O4. The van der Waals surface area contributed by atoms with Gasteiger partial charge in [-0.1, -0.05) is 37.3 Å². The summed E-state index contributed by atoms with van der Waals surface area (Å²) in [6.45, 7) is 5.22. The molecule has 0 aromatic heterocycles. The van der Waals surface area contributed by atoms with Crippen LogP contribution >= 0.6 is 0 Å². The van der Waals surface area contributed by atoms with Gasteiger partial charge in [-0.05, 0) is 18.4 Å². The van der Waals surface area contributed by atoms with E-state index in [1.165, 1.54) is 11.6 Å². The van der Waals surface area contributed by atoms with Crippen molar-refractivity contribution in [3.63, 3.8) is 0 Å². The van der Waals surface area contributed by atoms with Crippen molar-refractivity contribution < 1.29 is 19.4 Å². The SMILES string of the molecule is C[C@H](C1=CC(=O)OC(C)(C)O1)[C@@H](O)CCc1ccccc1. The third-order valence-electron chi connectivity index (χ3n) is 3.57. The minimum atomic E-state index is -0.978. The van der Waals surface area contributed by atoms with Crippen LogP contribution in [-0.4, -0.2) is 23.0 Å². The van der Waals surface area contributed by atoms with Gasteiger partial charge < -0.3 is 14.6 Å². The van der Waals surface area contributed by atoms with Crippen molar-refractivity contribution in [3.05, 3.63) is 47.7 Å². The van der Waals surface area contributed by atoms with E-state index in [9.17, 15) is 9.90 Å². The van der Waals surface area contributed by atoms with Gasteiger partial charge in [0.25, 0.3) is 0 Å². The van der Waals surface area contributed by atoms with E-state index in [0.29, 0.717) is 12.2 Å². The first kappa shape index (κ1) is 15.6. The van der Waals surface area contributed by atoms with Crippen LogP contribution in [0, 0.1) is 5.92 Å². The Kier molecular flexibility index (Phi) is 4.68. The second-order valence-electron chi connectivity index (χ2n) is 5.85. The largest absolute Gasteiger partial charge is 0.456 e. The highest BCUT2D eigenvalue weighted by Gasteiger charge is 2.34. The summed E-state index contributed by atoms with van der Waals surface area (Å²) in [6.07, 6.45) is 2.15. The zero-order chi connectivity index (χ0) is 15.5. The third kappa shape index (κ3) is 4.33. The average molecular weight is 290 g/mol. The van der Waals surface area contributed by atoms with Crippen molar-refractivity contribution >= 4 is 5.97 Å². The van der Waals surface area contributed by atoms with Gasteiger partial charge in [0.2, 0.25) is 5.79 Å². The van der Waals surface area contributed by atoms with Gasteiger partial charge in [0.15, 0.2) is 0 Å². The molecule has 0 radical (unpaired) electrons. The first-order valence-corrected chi connectivity index (χ1v) is 7.23. The quantitative estimate of drug-likeness (QED) is 0.847. The zero-order valence-corrected chi connectivity index (χ0v) is 12.7. The van der Waals surface area contributed by atoms with Crippen LogP contribution in [0.4, 0.5) is 0 Å². The molecule has 0 saturated heterocycles. The van der Waals surface area contributed by atoms with E-state index in [1.54, 1.807) is 13.8 Å². The molecule has 4 heteroatoms. The van der Waals surface area contributed by atoms with Gasteiger partial charge in [-0.3, -0.25) is 0 Å². The minimum Gasteiger partial charge on any atom is -0.456 e. The van der Waals surface area contributed by atoms with Crippen molar-refractivity contribution in [1.29, 1.82) is 0 Å². The Morgan fingerprint density at radius 2 is 1.86 bits per heavy atom. The molecule has 0 bridgehead atoms. The summed E-state index contributed by atoms with van der Waals surface area (Å²) < 4.78 is 10.7. The number of hydrogen-bond donors (Lipinski definition) is 1. The minimum absolute atomic E-state index is 0.249. The predicted molar refractivity (Wildman–Crippen MR) is 79.3 cm³/mol. The van der Waals surface area contributed by atoms with Gasteiger partial charge in [-0.2, -0.15) is 0 Å². The van der Waals surface area contributed by atoms with Crippen molar-refractivity contribution in [1.82, 2.24) is 0 Å². The van der Waals surface area contributed by atoms with Crippen LogP contribution in [0.25, 0.3) is 0 Å². The van der Waals surface area contributed by atoms with Crippen LogP contribution in [0.1, 0.15) is 32.8 Å². The molecule has 1 aliphatic heterocycles. The van der Waals surface area contributed by atoms with Crippen molar-refractivity contribution in [2.45, 2.75) is 45.5 Å². The van der Waals surface area contributed by atoms with E-state index < -0.39 is 17.9 Å². The van der Waals surface area contributed by atoms with Crippen LogP contribution in [-0.2, 0) is 20.7 Å². The van der Waals surface area contributed by atoms with E-state index >= 15 is 0 Å². The Bertz CT molecular complexity index is 519. The highest BCUT2D eigenvalue weighted by Crippen LogP contribution is 2.29. The number of esters is 1. The number of carbonyl (C=O) groups is 1. The molecule has 0 fully saturated rings. The fourth-order valence-corrected chi connectivity index (χ4v) is 2.35. The van der Waals surface area contributed by atoms with Gasteiger partial charge in [0.05, 0.1) is 12.2 Å². The number of cyclic esters (lactones) is 1. The first-order chi connectivity index (χ1) is 9.87. The lowest BCUT2D eigenvalue weighted by atomic mass is 9.95. The number of aliphatic hydroxyl groups is 1. The standard InChI is InChI=1S/C17H22O4/c1-12(15-11-16(19)21-17(2,3)20-15)14(18)10-9-13-7-5-4-6-8-13/h4-8,11-12,14,18H,9-10H2,1-3H3/t12-,14-/m0/s1. The number of hydrogen-bond acceptors (Lipinski definition) is 4. The molecule has 2 atom stereocenters. The van der Waals surface area contributed by atoms with Crippen LogP contribution in [0.3, 0.4) is 0 Å². The van der Waals surface area contributed by atoms with Crippen LogP contribution in [0.2, 0.25) is 0 Å². The number of carbonyl (C=O) groups excluding carboxylic acids is 1. The van der Waals surface area contributed by atoms with E-state index in [0.717, 1.165) is 6.42 Å². The highest BCUT2D eigenvalue weighted by atomic mass is 16.7. The molecule has 1 aromatic carbocycles. The second kappa shape index (κ2) is 6.31. The molecule has 1 aromatic rings. The summed E-state index contributed by atoms with van der Waals surface area (Å²) >= 11 is 0. The van der Waals surface area contributed by atoms with Gasteiger partial charge >= 0.3 is 5.97 Å². The number of benzene rings is 1. The number of aryl methyl sites for hydroxylation is 1. The summed E-state index contributed by atoms with van der Waals surface area (Å²) in [7, 11) is 0. The predicted octanol–water partition coefficient (Wildman–Crippen LogP) is 2.81. The number of ether oxygens (including phenoxy) is 2. The van der Waals surface area contributed by atoms with E-state index in [1.807, 2.05) is 37.3 Å². The number of aliphatic hydroxyl groups excluding tert-OH is 1. The fourth-order valence-electron chi connectivity index (χ4n) is 2.35. The molecule has 0 spiro atoms. The monoisotopic (exact) mass is 290 g/mol. The lowest BCUT2D eigenvalue weighted by Crippen LogP contribution is -2.37. The second-order valence-corrected chi connectivity index (χ2v) is 5.85. The Hall–Kier alpha value is -1.81. The molecule has 1 heterocycles. The van der Waals surface area contributed by atoms with Crippen molar-refractivity contribution in [3.8, 4) is 0 Å². The summed E-state index contributed by atoms with van der Waals surface area (Å²) in [5, 5.41) is 10.3. The molecule has 2 rings (SSSR count). The van der Waals surface area contributed by atoms with Crippen LogP contribution in [0.15, 0.2) is 42.2 Å². The smallest absolute Gasteiger partial charge is 0.337 e. The summed E-state index contributed by atoms with van der Waals surface area (Å²) in [4.78, 5) is 11.5. The Labute approximate surface area is 125 Å². The average Bonchev–Trinajstić information content (AvgIpc) is 2.43. The van der Waals surface area contributed by atoms with Gasteiger partial charge in [-0.25, -0.2) is 4.79 Å². The third-order valence-corrected chi connectivity index (χ3v) is 3.57. The normalized spacial score (nSPS) is 20.0. The zero-order valence-electron chi connectivity index (χ0n) is 12.7. The lowest BCUT2D eigenvalue weighted by molar-refractivity contribution is -0.209. The maximum Gasteiger partial charge on any atom is 0.337 e. The van der Waals surface area contributed by atoms with E-state index in [-0.39, 0.29) is 5.92 Å². The molecule has 4 nitrogen and oxygen atoms in total. The van der Waals surface area contributed by atoms with Crippen LogP contribution < -0.4 is 0 Å². The molecule has 0 aliphatic carbocycles. The van der Waals surface area contributed by atoms with Gasteiger partial charge in [0, 0.05) is 19.8 Å². The number of rotatable bonds is 5. The van der Waals surface area contributed by atoms with E-state index in [4.69, 9.17) is 9.47 Å². The molecule has 114 valence electrons. The van der Waals surface area contributed by atoms with Crippen molar-refractivity contribution in [2.24, 2.45) is 5.92 Å². The van der Waals surface area contributed by atoms with E-state index in [2.05, 4.69) is 0 Å². The lowest BCUT2D eigenvalue weighted by Gasteiger charge is -2.34. The van der Waals surface area contributed by atoms with Crippen LogP contribution in [0.5, 0.6) is 0 Å². The fraction of sp³-hybridized carbons (Fsp3) is 0.471. The molecule has 0 unspecified atom stereocenters. The van der Waals surface area contributed by atoms with Gasteiger partial charge in [0.1, 0.15) is 5.76 Å². The molecule has 21 heavy (non-hydrogen) atoms. The summed E-state index contributed by atoms with van der Waals surface area (Å²) in [5.74, 6) is -1.17. The maximum absolute atomic E-state index is 11.5. The van der Waals surface area contributed by atoms with Crippen molar-refractivity contribution in [2.75, 3.05) is 0 Å². The maximum atomic E-state index is 11.5. The van der Waals surface area contributed by atoms with Gasteiger partial charge in [-0.15, -0.1) is 0 Å². The Morgan fingerprint density at radius 1 is 1.19 bits per heavy atom. The first-order valence-electron chi connectivity index (χ1n) is 7.23. The Morgan fingerprint density at radius 3 is 2.48 bits per heavy atom. The topological polar surface area (TPSA) is 55.8 Å².